The number of nitro groups is 1. The molecule has 0 aliphatic carbocycles. The number of nitrogens with zero attached hydrogens (tertiary/aromatic N) is 3. The lowest BCUT2D eigenvalue weighted by molar-refractivity contribution is -0.385. The van der Waals surface area contributed by atoms with E-state index in [0.717, 1.165) is 4.90 Å². The van der Waals surface area contributed by atoms with Crippen LogP contribution in [-0.2, 0) is 14.4 Å². The van der Waals surface area contributed by atoms with Gasteiger partial charge in [-0.15, -0.1) is 0 Å². The van der Waals surface area contributed by atoms with E-state index in [1.165, 1.54) is 24.8 Å². The molecule has 0 saturated carbocycles. The van der Waals surface area contributed by atoms with Crippen molar-refractivity contribution in [1.29, 1.82) is 0 Å². The Morgan fingerprint density at radius 1 is 0.974 bits per heavy atom. The monoisotopic (exact) mass is 547 g/mol. The summed E-state index contributed by atoms with van der Waals surface area (Å²) in [5.74, 6) is -0.602. The maximum absolute atomic E-state index is 13.3. The molecule has 1 aliphatic rings. The van der Waals surface area contributed by atoms with Crippen LogP contribution in [0.4, 0.5) is 5.69 Å². The van der Waals surface area contributed by atoms with Gasteiger partial charge in [0.1, 0.15) is 5.71 Å². The largest absolute Gasteiger partial charge is 0.379 e. The molecule has 39 heavy (non-hydrogen) atoms. The Bertz CT molecular complexity index is 1380. The van der Waals surface area contributed by atoms with Crippen LogP contribution in [0.2, 0.25) is 0 Å². The molecule has 202 valence electrons. The third-order valence-corrected chi connectivity index (χ3v) is 7.44. The molecule has 0 bridgehead atoms. The van der Waals surface area contributed by atoms with Gasteiger partial charge < -0.3 is 9.57 Å². The summed E-state index contributed by atoms with van der Waals surface area (Å²) in [4.78, 5) is 44.7. The van der Waals surface area contributed by atoms with Crippen molar-refractivity contribution in [3.63, 3.8) is 0 Å². The van der Waals surface area contributed by atoms with E-state index >= 15 is 0 Å². The van der Waals surface area contributed by atoms with Crippen molar-refractivity contribution < 1.29 is 24.1 Å². The highest BCUT2D eigenvalue weighted by molar-refractivity contribution is 7.99. The first kappa shape index (κ1) is 28.2. The van der Waals surface area contributed by atoms with Crippen LogP contribution in [0.5, 0.6) is 0 Å². The molecule has 0 N–H and O–H groups in total. The van der Waals surface area contributed by atoms with Crippen molar-refractivity contribution in [2.75, 3.05) is 26.3 Å². The second-order valence-corrected chi connectivity index (χ2v) is 10.6. The first-order chi connectivity index (χ1) is 18.7. The van der Waals surface area contributed by atoms with Crippen LogP contribution < -0.4 is 0 Å². The molecule has 1 aliphatic heterocycles. The van der Waals surface area contributed by atoms with Gasteiger partial charge in [0.05, 0.1) is 29.2 Å². The molecular formula is C29H29N3O6S. The van der Waals surface area contributed by atoms with E-state index in [9.17, 15) is 19.7 Å². The number of nitro benzene ring substituents is 1. The highest BCUT2D eigenvalue weighted by Gasteiger charge is 2.35. The Labute approximate surface area is 230 Å². The summed E-state index contributed by atoms with van der Waals surface area (Å²) >= 11 is 1.34. The predicted molar refractivity (Wildman–Crippen MR) is 148 cm³/mol. The lowest BCUT2D eigenvalue weighted by Crippen LogP contribution is -2.54. The summed E-state index contributed by atoms with van der Waals surface area (Å²) < 4.78 is 5.42. The Hall–Kier alpha value is -3.86. The zero-order chi connectivity index (χ0) is 28.0. The number of ketones is 1. The number of benzene rings is 3. The quantitative estimate of drug-likeness (QED) is 0.116. The van der Waals surface area contributed by atoms with E-state index in [2.05, 4.69) is 10.1 Å². The van der Waals surface area contributed by atoms with E-state index in [-0.39, 0.29) is 22.7 Å². The van der Waals surface area contributed by atoms with Crippen LogP contribution >= 0.6 is 11.8 Å². The molecule has 0 aromatic heterocycles. The number of hydrogen-bond acceptors (Lipinski definition) is 9. The highest BCUT2D eigenvalue weighted by atomic mass is 32.2. The fourth-order valence-electron chi connectivity index (χ4n) is 4.32. The fraction of sp³-hybridized carbons (Fsp3) is 0.276. The molecular weight excluding hydrogens is 518 g/mol. The Kier molecular flexibility index (Phi) is 8.90. The number of oxime groups is 1. The van der Waals surface area contributed by atoms with E-state index in [1.807, 2.05) is 32.0 Å². The fourth-order valence-corrected chi connectivity index (χ4v) is 5.17. The minimum Gasteiger partial charge on any atom is -0.379 e. The standard InChI is InChI=1S/C29H29N3O6S/c1-20(33)38-30-27(21-7-5-4-6-8-21)25-14-13-24(19-26(25)32(35)36)39-23-11-9-22(10-12-23)28(34)29(2,3)31-15-17-37-18-16-31/h4-14,19H,15-18H2,1-3H3/b30-27+. The summed E-state index contributed by atoms with van der Waals surface area (Å²) in [6, 6.07) is 20.9. The van der Waals surface area contributed by atoms with E-state index in [0.29, 0.717) is 42.3 Å². The molecule has 1 saturated heterocycles. The second kappa shape index (κ2) is 12.3. The summed E-state index contributed by atoms with van der Waals surface area (Å²) in [5.41, 5.74) is 0.754. The number of rotatable bonds is 9. The second-order valence-electron chi connectivity index (χ2n) is 9.44. The Morgan fingerprint density at radius 2 is 1.62 bits per heavy atom. The van der Waals surface area contributed by atoms with E-state index in [1.54, 1.807) is 48.5 Å². The average Bonchev–Trinajstić information content (AvgIpc) is 2.94. The third kappa shape index (κ3) is 6.78. The van der Waals surface area contributed by atoms with Gasteiger partial charge in [-0.05, 0) is 38.1 Å². The van der Waals surface area contributed by atoms with Crippen LogP contribution in [0.25, 0.3) is 0 Å². The number of carbonyl (C=O) groups excluding carboxylic acids is 2. The minimum absolute atomic E-state index is 0.0291. The molecule has 10 heteroatoms. The zero-order valence-corrected chi connectivity index (χ0v) is 22.8. The van der Waals surface area contributed by atoms with Gasteiger partial charge in [0.25, 0.3) is 5.69 Å². The van der Waals surface area contributed by atoms with Gasteiger partial charge in [0.2, 0.25) is 0 Å². The molecule has 0 radical (unpaired) electrons. The third-order valence-electron chi connectivity index (χ3n) is 6.44. The summed E-state index contributed by atoms with van der Waals surface area (Å²) in [6.45, 7) is 7.71. The Morgan fingerprint density at radius 3 is 2.23 bits per heavy atom. The van der Waals surface area contributed by atoms with Crippen molar-refractivity contribution in [1.82, 2.24) is 4.90 Å². The highest BCUT2D eigenvalue weighted by Crippen LogP contribution is 2.34. The Balaban J connectivity index is 1.57. The first-order valence-corrected chi connectivity index (χ1v) is 13.2. The maximum Gasteiger partial charge on any atom is 0.332 e. The van der Waals surface area contributed by atoms with Crippen LogP contribution in [-0.4, -0.2) is 59.1 Å². The smallest absolute Gasteiger partial charge is 0.332 e. The van der Waals surface area contributed by atoms with Crippen LogP contribution in [0.3, 0.4) is 0 Å². The average molecular weight is 548 g/mol. The van der Waals surface area contributed by atoms with Gasteiger partial charge in [0.15, 0.2) is 5.78 Å². The molecule has 1 heterocycles. The number of morpholine rings is 1. The normalized spacial score (nSPS) is 14.6. The zero-order valence-electron chi connectivity index (χ0n) is 22.0. The van der Waals surface area contributed by atoms with Gasteiger partial charge in [-0.2, -0.15) is 0 Å². The molecule has 9 nitrogen and oxygen atoms in total. The van der Waals surface area contributed by atoms with Crippen molar-refractivity contribution in [3.8, 4) is 0 Å². The molecule has 3 aromatic carbocycles. The molecule has 1 fully saturated rings. The number of ether oxygens (including phenoxy) is 1. The predicted octanol–water partition coefficient (Wildman–Crippen LogP) is 5.36. The molecule has 0 spiro atoms. The van der Waals surface area contributed by atoms with Crippen LogP contribution in [0.15, 0.2) is 87.7 Å². The van der Waals surface area contributed by atoms with Gasteiger partial charge in [-0.3, -0.25) is 19.8 Å². The molecule has 0 unspecified atom stereocenters. The van der Waals surface area contributed by atoms with E-state index < -0.39 is 16.4 Å². The lowest BCUT2D eigenvalue weighted by atomic mass is 9.91. The van der Waals surface area contributed by atoms with Crippen LogP contribution in [0, 0.1) is 10.1 Å². The maximum atomic E-state index is 13.3. The van der Waals surface area contributed by atoms with E-state index in [4.69, 9.17) is 9.57 Å². The number of carbonyl (C=O) groups is 2. The lowest BCUT2D eigenvalue weighted by Gasteiger charge is -2.39. The van der Waals surface area contributed by atoms with Crippen molar-refractivity contribution in [2.45, 2.75) is 36.1 Å². The molecule has 3 aromatic rings. The van der Waals surface area contributed by atoms with Gasteiger partial charge in [0, 0.05) is 47.0 Å². The topological polar surface area (TPSA) is 111 Å². The molecule has 0 amide bonds. The van der Waals surface area contributed by atoms with Crippen LogP contribution in [0.1, 0.15) is 42.3 Å². The number of hydrogen-bond donors (Lipinski definition) is 0. The van der Waals surface area contributed by atoms with Gasteiger partial charge in [-0.1, -0.05) is 59.4 Å². The van der Waals surface area contributed by atoms with Crippen molar-refractivity contribution in [2.24, 2.45) is 5.16 Å². The van der Waals surface area contributed by atoms with Crippen molar-refractivity contribution in [3.05, 3.63) is 99.6 Å². The first-order valence-electron chi connectivity index (χ1n) is 12.4. The van der Waals surface area contributed by atoms with Gasteiger partial charge in [-0.25, -0.2) is 4.79 Å². The molecule has 4 rings (SSSR count). The summed E-state index contributed by atoms with van der Waals surface area (Å²) in [7, 11) is 0. The molecule has 0 atom stereocenters. The summed E-state index contributed by atoms with van der Waals surface area (Å²) in [6.07, 6.45) is 0. The summed E-state index contributed by atoms with van der Waals surface area (Å²) in [5, 5.41) is 15.9. The van der Waals surface area contributed by atoms with Crippen molar-refractivity contribution >= 4 is 34.9 Å². The SMILES string of the molecule is CC(=O)O/N=C(\c1ccccc1)c1ccc(Sc2ccc(C(=O)C(C)(C)N3CCOCC3)cc2)cc1[N+](=O)[O-]. The number of Topliss-reactive ketones (excluding diaryl/α,β-unsaturated/α-hetero) is 1. The minimum atomic E-state index is -0.654. The van der Waals surface area contributed by atoms with Gasteiger partial charge >= 0.3 is 5.97 Å².